The normalized spacial score (nSPS) is 22.4. The van der Waals surface area contributed by atoms with Crippen LogP contribution in [0.5, 0.6) is 0 Å². The molecule has 5 rings (SSSR count). The van der Waals surface area contributed by atoms with Crippen molar-refractivity contribution in [2.75, 3.05) is 11.9 Å². The molecule has 200 valence electrons. The first-order chi connectivity index (χ1) is 17.7. The van der Waals surface area contributed by atoms with Crippen molar-refractivity contribution < 1.29 is 24.9 Å². The molecule has 4 unspecified atom stereocenters. The summed E-state index contributed by atoms with van der Waals surface area (Å²) in [6.07, 6.45) is 7.03. The molecular formula is C29H39N3O5. The van der Waals surface area contributed by atoms with Gasteiger partial charge in [0.05, 0.1) is 11.0 Å². The number of carbonyl (C=O) groups is 2. The number of carboxylic acid groups (broad SMARTS) is 2. The number of hydrogen-bond donors (Lipinski definition) is 3. The maximum absolute atomic E-state index is 11.8. The van der Waals surface area contributed by atoms with Crippen LogP contribution >= 0.6 is 0 Å². The lowest BCUT2D eigenvalue weighted by Crippen LogP contribution is -2.33. The molecule has 8 nitrogen and oxygen atoms in total. The fraction of sp³-hybridized carbons (Fsp3) is 0.483. The summed E-state index contributed by atoms with van der Waals surface area (Å²) in [5, 5.41) is 25.6. The lowest BCUT2D eigenvalue weighted by molar-refractivity contribution is -0.123. The van der Waals surface area contributed by atoms with Crippen molar-refractivity contribution in [1.29, 1.82) is 0 Å². The molecule has 3 aromatic rings. The number of rotatable bonds is 3. The van der Waals surface area contributed by atoms with Crippen LogP contribution in [0.1, 0.15) is 75.9 Å². The van der Waals surface area contributed by atoms with Gasteiger partial charge in [0.1, 0.15) is 11.4 Å². The molecule has 1 saturated carbocycles. The Labute approximate surface area is 218 Å². The summed E-state index contributed by atoms with van der Waals surface area (Å²) in [6, 6.07) is 15.5. The third-order valence-electron chi connectivity index (χ3n) is 7.84. The van der Waals surface area contributed by atoms with Crippen molar-refractivity contribution in [1.82, 2.24) is 9.55 Å². The Hall–Kier alpha value is -3.39. The molecule has 0 saturated heterocycles. The highest BCUT2D eigenvalue weighted by Crippen LogP contribution is 2.42. The maximum atomic E-state index is 11.8. The van der Waals surface area contributed by atoms with Crippen molar-refractivity contribution in [2.45, 2.75) is 77.0 Å². The predicted molar refractivity (Wildman–Crippen MR) is 145 cm³/mol. The SMILES string of the molecule is CC1CCCC(n2c(C(C)(O)c3ccccc3)nc3c4c(ccc32)N(C)C(C)CC4)C1.O=CO.O=CO. The number of aryl methyl sites for hydroxylation is 1. The molecule has 1 aliphatic carbocycles. The summed E-state index contributed by atoms with van der Waals surface area (Å²) in [5.41, 5.74) is 4.66. The van der Waals surface area contributed by atoms with Gasteiger partial charge in [-0.15, -0.1) is 0 Å². The molecule has 37 heavy (non-hydrogen) atoms. The Kier molecular flexibility index (Phi) is 9.32. The first-order valence-electron chi connectivity index (χ1n) is 12.9. The van der Waals surface area contributed by atoms with Gasteiger partial charge in [-0.3, -0.25) is 9.59 Å². The first-order valence-corrected chi connectivity index (χ1v) is 12.9. The largest absolute Gasteiger partial charge is 0.483 e. The van der Waals surface area contributed by atoms with Crippen molar-refractivity contribution in [3.63, 3.8) is 0 Å². The highest BCUT2D eigenvalue weighted by molar-refractivity contribution is 5.86. The summed E-state index contributed by atoms with van der Waals surface area (Å²) in [5.74, 6) is 1.50. The second-order valence-electron chi connectivity index (χ2n) is 10.3. The smallest absolute Gasteiger partial charge is 0.290 e. The standard InChI is InChI=1S/C27H35N3O.2CH2O2/c1-18-9-8-12-21(17-18)30-24-16-15-23-22(14-13-19(2)29(23)4)25(24)28-26(30)27(3,31)20-10-6-5-7-11-20;2*2-1-3/h5-7,10-11,15-16,18-19,21,31H,8-9,12-14,17H2,1-4H3;2*1H,(H,2,3). The van der Waals surface area contributed by atoms with E-state index in [0.29, 0.717) is 18.0 Å². The number of fused-ring (bicyclic) bond motifs is 3. The van der Waals surface area contributed by atoms with Gasteiger partial charge in [0.2, 0.25) is 0 Å². The zero-order valence-corrected chi connectivity index (χ0v) is 22.2. The van der Waals surface area contributed by atoms with Crippen LogP contribution in [0.2, 0.25) is 0 Å². The molecule has 1 fully saturated rings. The quantitative estimate of drug-likeness (QED) is 0.415. The molecule has 1 aliphatic heterocycles. The third-order valence-corrected chi connectivity index (χ3v) is 7.84. The Bertz CT molecular complexity index is 1190. The van der Waals surface area contributed by atoms with Crippen LogP contribution in [-0.2, 0) is 21.6 Å². The van der Waals surface area contributed by atoms with Gasteiger partial charge >= 0.3 is 0 Å². The highest BCUT2D eigenvalue weighted by atomic mass is 16.3. The van der Waals surface area contributed by atoms with E-state index in [4.69, 9.17) is 24.8 Å². The van der Waals surface area contributed by atoms with Crippen LogP contribution in [0.25, 0.3) is 11.0 Å². The minimum Gasteiger partial charge on any atom is -0.483 e. The van der Waals surface area contributed by atoms with E-state index in [1.165, 1.54) is 29.6 Å². The lowest BCUT2D eigenvalue weighted by Gasteiger charge is -2.34. The van der Waals surface area contributed by atoms with Gasteiger partial charge < -0.3 is 24.8 Å². The molecule has 4 atom stereocenters. The van der Waals surface area contributed by atoms with E-state index in [9.17, 15) is 5.11 Å². The summed E-state index contributed by atoms with van der Waals surface area (Å²) in [4.78, 5) is 24.3. The fourth-order valence-electron chi connectivity index (χ4n) is 5.81. The van der Waals surface area contributed by atoms with Crippen LogP contribution in [0.4, 0.5) is 5.69 Å². The molecule has 3 N–H and O–H groups in total. The minimum absolute atomic E-state index is 0.250. The number of benzene rings is 2. The monoisotopic (exact) mass is 509 g/mol. The number of anilines is 1. The molecule has 0 spiro atoms. The van der Waals surface area contributed by atoms with Crippen LogP contribution in [0, 0.1) is 5.92 Å². The minimum atomic E-state index is -1.14. The van der Waals surface area contributed by atoms with Gasteiger partial charge in [-0.05, 0) is 63.1 Å². The molecule has 2 aromatic carbocycles. The van der Waals surface area contributed by atoms with Crippen molar-refractivity contribution in [3.05, 3.63) is 59.4 Å². The Morgan fingerprint density at radius 2 is 1.65 bits per heavy atom. The predicted octanol–water partition coefficient (Wildman–Crippen LogP) is 5.22. The number of imidazole rings is 1. The molecule has 2 aliphatic rings. The fourth-order valence-corrected chi connectivity index (χ4v) is 5.81. The summed E-state index contributed by atoms with van der Waals surface area (Å²) >= 11 is 0. The van der Waals surface area contributed by atoms with Gasteiger partial charge in [-0.25, -0.2) is 4.98 Å². The summed E-state index contributed by atoms with van der Waals surface area (Å²) in [7, 11) is 2.19. The van der Waals surface area contributed by atoms with Crippen LogP contribution in [0.15, 0.2) is 42.5 Å². The highest BCUT2D eigenvalue weighted by Gasteiger charge is 2.36. The summed E-state index contributed by atoms with van der Waals surface area (Å²) < 4.78 is 2.40. The van der Waals surface area contributed by atoms with Gasteiger partial charge in [0, 0.05) is 30.4 Å². The van der Waals surface area contributed by atoms with Crippen LogP contribution < -0.4 is 4.90 Å². The van der Waals surface area contributed by atoms with E-state index in [1.54, 1.807) is 0 Å². The van der Waals surface area contributed by atoms with Gasteiger partial charge in [-0.1, -0.05) is 50.1 Å². The summed E-state index contributed by atoms with van der Waals surface area (Å²) in [6.45, 7) is 6.06. The van der Waals surface area contributed by atoms with Crippen molar-refractivity contribution in [3.8, 4) is 0 Å². The van der Waals surface area contributed by atoms with E-state index in [0.717, 1.165) is 42.6 Å². The number of nitrogens with zero attached hydrogens (tertiary/aromatic N) is 3. The average Bonchev–Trinajstić information content (AvgIpc) is 3.29. The first kappa shape index (κ1) is 28.2. The van der Waals surface area contributed by atoms with Crippen LogP contribution in [-0.4, -0.2) is 50.9 Å². The molecule has 0 radical (unpaired) electrons. The molecule has 1 aromatic heterocycles. The zero-order valence-electron chi connectivity index (χ0n) is 22.2. The molecule has 0 amide bonds. The lowest BCUT2D eigenvalue weighted by atomic mass is 9.86. The van der Waals surface area contributed by atoms with Gasteiger partial charge in [0.25, 0.3) is 12.9 Å². The molecular weight excluding hydrogens is 470 g/mol. The maximum Gasteiger partial charge on any atom is 0.290 e. The topological polar surface area (TPSA) is 116 Å². The Morgan fingerprint density at radius 1 is 1.00 bits per heavy atom. The molecule has 2 heterocycles. The number of hydrogen-bond acceptors (Lipinski definition) is 5. The van der Waals surface area contributed by atoms with Gasteiger partial charge in [0.15, 0.2) is 0 Å². The Balaban J connectivity index is 0.000000580. The second-order valence-corrected chi connectivity index (χ2v) is 10.3. The van der Waals surface area contributed by atoms with Crippen LogP contribution in [0.3, 0.4) is 0 Å². The van der Waals surface area contributed by atoms with Crippen molar-refractivity contribution >= 4 is 29.7 Å². The molecule has 0 bridgehead atoms. The van der Waals surface area contributed by atoms with E-state index >= 15 is 0 Å². The van der Waals surface area contributed by atoms with E-state index in [2.05, 4.69) is 42.5 Å². The average molecular weight is 510 g/mol. The van der Waals surface area contributed by atoms with E-state index in [-0.39, 0.29) is 12.9 Å². The van der Waals surface area contributed by atoms with Gasteiger partial charge in [-0.2, -0.15) is 0 Å². The van der Waals surface area contributed by atoms with Crippen molar-refractivity contribution in [2.24, 2.45) is 5.92 Å². The number of aliphatic hydroxyl groups is 1. The zero-order chi connectivity index (χ0) is 27.2. The number of aromatic nitrogens is 2. The second kappa shape index (κ2) is 12.2. The van der Waals surface area contributed by atoms with E-state index < -0.39 is 5.60 Å². The molecule has 8 heteroatoms. The third kappa shape index (κ3) is 5.80. The van der Waals surface area contributed by atoms with E-state index in [1.807, 2.05) is 37.3 Å². The Morgan fingerprint density at radius 3 is 2.27 bits per heavy atom.